The number of hydrogen-bond donors (Lipinski definition) is 1. The van der Waals surface area contributed by atoms with E-state index >= 15 is 0 Å². The first-order valence-electron chi connectivity index (χ1n) is 3.43. The molecule has 0 aliphatic carbocycles. The van der Waals surface area contributed by atoms with Gasteiger partial charge in [-0.05, 0) is 31.2 Å². The van der Waals surface area contributed by atoms with Crippen LogP contribution in [0.25, 0.3) is 0 Å². The van der Waals surface area contributed by atoms with Crippen molar-refractivity contribution < 1.29 is 4.79 Å². The first-order valence-corrected chi connectivity index (χ1v) is 3.43. The summed E-state index contributed by atoms with van der Waals surface area (Å²) in [6.45, 7) is 1.49. The van der Waals surface area contributed by atoms with Crippen LogP contribution in [0.3, 0.4) is 0 Å². The Kier molecular flexibility index (Phi) is 2.53. The predicted octanol–water partition coefficient (Wildman–Crippen LogP) is 1.98. The van der Waals surface area contributed by atoms with E-state index in [9.17, 15) is 9.70 Å². The van der Waals surface area contributed by atoms with Crippen molar-refractivity contribution in [3.8, 4) is 0 Å². The maximum atomic E-state index is 10.8. The third kappa shape index (κ3) is 1.88. The van der Waals surface area contributed by atoms with Gasteiger partial charge in [-0.1, -0.05) is 0 Å². The fourth-order valence-electron chi connectivity index (χ4n) is 0.832. The summed E-state index contributed by atoms with van der Waals surface area (Å²) in [6, 6.07) is 6.52. The highest BCUT2D eigenvalue weighted by atomic mass is 16.3. The molecule has 1 rings (SSSR count). The molecule has 0 aliphatic rings. The summed E-state index contributed by atoms with van der Waals surface area (Å²) in [6.07, 6.45) is 0. The molecule has 0 fully saturated rings. The lowest BCUT2D eigenvalue weighted by atomic mass is 10.1. The fraction of sp³-hybridized carbons (Fsp3) is 0.125. The average molecular weight is 164 g/mol. The van der Waals surface area contributed by atoms with Crippen molar-refractivity contribution in [3.63, 3.8) is 0 Å². The first-order chi connectivity index (χ1) is 5.74. The van der Waals surface area contributed by atoms with E-state index in [1.54, 1.807) is 24.3 Å². The molecule has 0 heterocycles. The monoisotopic (exact) mass is 164 g/mol. The Labute approximate surface area is 69.5 Å². The molecule has 0 saturated carbocycles. The molecule has 1 N–H and O–H groups in total. The zero-order chi connectivity index (χ0) is 8.97. The number of nitrogens with one attached hydrogen (secondary N) is 1. The Morgan fingerprint density at radius 1 is 1.33 bits per heavy atom. The van der Waals surface area contributed by atoms with E-state index < -0.39 is 0 Å². The number of benzene rings is 1. The van der Waals surface area contributed by atoms with Crippen LogP contribution in [-0.2, 0) is 0 Å². The van der Waals surface area contributed by atoms with Gasteiger partial charge in [0, 0.05) is 5.56 Å². The minimum atomic E-state index is 0.000567. The minimum Gasteiger partial charge on any atom is -0.295 e. The highest BCUT2D eigenvalue weighted by Crippen LogP contribution is 2.09. The van der Waals surface area contributed by atoms with Gasteiger partial charge in [-0.3, -0.25) is 4.79 Å². The lowest BCUT2D eigenvalue weighted by Crippen LogP contribution is -1.92. The average Bonchev–Trinajstić information content (AvgIpc) is 2.06. The minimum absolute atomic E-state index is 0.000567. The van der Waals surface area contributed by atoms with Crippen molar-refractivity contribution in [1.29, 1.82) is 0 Å². The van der Waals surface area contributed by atoms with Gasteiger partial charge >= 0.3 is 0 Å². The van der Waals surface area contributed by atoms with E-state index in [-0.39, 0.29) is 5.78 Å². The number of ketones is 1. The Hall–Kier alpha value is -1.71. The van der Waals surface area contributed by atoms with Crippen LogP contribution < -0.4 is 5.43 Å². The molecule has 0 unspecified atom stereocenters. The van der Waals surface area contributed by atoms with E-state index in [1.807, 2.05) is 0 Å². The molecule has 1 aromatic rings. The Balaban J connectivity index is 2.85. The predicted molar refractivity (Wildman–Crippen MR) is 45.9 cm³/mol. The summed E-state index contributed by atoms with van der Waals surface area (Å²) < 4.78 is 0. The molecular weight excluding hydrogens is 156 g/mol. The zero-order valence-corrected chi connectivity index (χ0v) is 6.57. The van der Waals surface area contributed by atoms with Crippen LogP contribution in [-0.4, -0.2) is 5.78 Å². The molecular formula is C8H8N2O2. The third-order valence-electron chi connectivity index (χ3n) is 1.47. The van der Waals surface area contributed by atoms with Crippen molar-refractivity contribution in [2.24, 2.45) is 5.29 Å². The second kappa shape index (κ2) is 3.61. The summed E-state index contributed by atoms with van der Waals surface area (Å²) in [4.78, 5) is 20.6. The summed E-state index contributed by atoms with van der Waals surface area (Å²) >= 11 is 0. The van der Waals surface area contributed by atoms with E-state index in [4.69, 9.17) is 0 Å². The van der Waals surface area contributed by atoms with E-state index in [0.29, 0.717) is 11.3 Å². The third-order valence-corrected chi connectivity index (χ3v) is 1.47. The van der Waals surface area contributed by atoms with Gasteiger partial charge in [0.15, 0.2) is 5.78 Å². The van der Waals surface area contributed by atoms with Crippen LogP contribution in [0.5, 0.6) is 0 Å². The molecule has 0 atom stereocenters. The molecule has 4 nitrogen and oxygen atoms in total. The van der Waals surface area contributed by atoms with Crippen molar-refractivity contribution in [2.75, 3.05) is 5.43 Å². The quantitative estimate of drug-likeness (QED) is 0.422. The molecule has 62 valence electrons. The Bertz CT molecular complexity index is 292. The number of nitroso groups, excluding NO2 is 1. The van der Waals surface area contributed by atoms with Gasteiger partial charge < -0.3 is 0 Å². The molecule has 4 heteroatoms. The molecule has 0 aliphatic heterocycles. The molecule has 1 aromatic carbocycles. The standard InChI is InChI=1S/C8H8N2O2/c1-6(11)7-2-4-8(5-3-7)9-10-12/h2-5H,1H3,(H,9,12). The molecule has 12 heavy (non-hydrogen) atoms. The fourth-order valence-corrected chi connectivity index (χ4v) is 0.832. The van der Waals surface area contributed by atoms with Gasteiger partial charge in [-0.15, -0.1) is 4.91 Å². The number of carbonyl (C=O) groups is 1. The van der Waals surface area contributed by atoms with E-state index in [1.165, 1.54) is 6.92 Å². The number of anilines is 1. The van der Waals surface area contributed by atoms with E-state index in [0.717, 1.165) is 0 Å². The van der Waals surface area contributed by atoms with Crippen molar-refractivity contribution in [2.45, 2.75) is 6.92 Å². The number of Topliss-reactive ketones (excluding diaryl/α,β-unsaturated/α-hetero) is 1. The van der Waals surface area contributed by atoms with Gasteiger partial charge in [-0.2, -0.15) is 0 Å². The molecule has 0 radical (unpaired) electrons. The SMILES string of the molecule is CC(=O)c1ccc(NN=O)cc1. The largest absolute Gasteiger partial charge is 0.295 e. The molecule has 0 amide bonds. The van der Waals surface area contributed by atoms with E-state index in [2.05, 4.69) is 10.7 Å². The Morgan fingerprint density at radius 3 is 2.33 bits per heavy atom. The van der Waals surface area contributed by atoms with Gasteiger partial charge in [0.25, 0.3) is 0 Å². The summed E-state index contributed by atoms with van der Waals surface area (Å²) in [5.74, 6) is 0.000567. The van der Waals surface area contributed by atoms with Gasteiger partial charge in [-0.25, -0.2) is 5.43 Å². The number of nitrogens with zero attached hydrogens (tertiary/aromatic N) is 1. The lowest BCUT2D eigenvalue weighted by Gasteiger charge is -1.97. The van der Waals surface area contributed by atoms with Gasteiger partial charge in [0.2, 0.25) is 0 Å². The van der Waals surface area contributed by atoms with Crippen LogP contribution in [0.4, 0.5) is 5.69 Å². The molecule has 0 aromatic heterocycles. The van der Waals surface area contributed by atoms with Gasteiger partial charge in [0.1, 0.15) is 0 Å². The zero-order valence-electron chi connectivity index (χ0n) is 6.57. The maximum Gasteiger partial charge on any atom is 0.159 e. The van der Waals surface area contributed by atoms with Crippen LogP contribution >= 0.6 is 0 Å². The van der Waals surface area contributed by atoms with Crippen molar-refractivity contribution >= 4 is 11.5 Å². The second-order valence-corrected chi connectivity index (χ2v) is 2.34. The van der Waals surface area contributed by atoms with Crippen LogP contribution in [0.2, 0.25) is 0 Å². The normalized spacial score (nSPS) is 9.08. The number of rotatable bonds is 3. The molecule has 0 spiro atoms. The highest BCUT2D eigenvalue weighted by Gasteiger charge is 1.97. The number of hydrogen-bond acceptors (Lipinski definition) is 3. The van der Waals surface area contributed by atoms with Crippen LogP contribution in [0.15, 0.2) is 29.6 Å². The summed E-state index contributed by atoms with van der Waals surface area (Å²) in [5.41, 5.74) is 3.43. The second-order valence-electron chi connectivity index (χ2n) is 2.34. The number of carbonyl (C=O) groups excluding carboxylic acids is 1. The maximum absolute atomic E-state index is 10.8. The molecule has 0 saturated heterocycles. The van der Waals surface area contributed by atoms with Crippen molar-refractivity contribution in [3.05, 3.63) is 34.7 Å². The lowest BCUT2D eigenvalue weighted by molar-refractivity contribution is 0.101. The Morgan fingerprint density at radius 2 is 1.92 bits per heavy atom. The van der Waals surface area contributed by atoms with Crippen LogP contribution in [0, 0.1) is 4.91 Å². The first kappa shape index (κ1) is 8.39. The topological polar surface area (TPSA) is 58.5 Å². The van der Waals surface area contributed by atoms with Crippen LogP contribution in [0.1, 0.15) is 17.3 Å². The summed E-state index contributed by atoms with van der Waals surface area (Å²) in [5, 5.41) is 2.50. The molecule has 0 bridgehead atoms. The highest BCUT2D eigenvalue weighted by molar-refractivity contribution is 5.94. The summed E-state index contributed by atoms with van der Waals surface area (Å²) in [7, 11) is 0. The smallest absolute Gasteiger partial charge is 0.159 e. The van der Waals surface area contributed by atoms with Crippen molar-refractivity contribution in [1.82, 2.24) is 0 Å². The van der Waals surface area contributed by atoms with Gasteiger partial charge in [0.05, 0.1) is 11.0 Å².